The molecule has 2 aliphatic heterocycles. The Hall–Kier alpha value is -2.42. The first-order valence-electron chi connectivity index (χ1n) is 10.5. The average molecular weight is 458 g/mol. The van der Waals surface area contributed by atoms with Crippen molar-refractivity contribution >= 4 is 39.2 Å². The minimum absolute atomic E-state index is 0.0390. The van der Waals surface area contributed by atoms with Crippen molar-refractivity contribution < 1.29 is 4.79 Å². The number of nitrogens with one attached hydrogen (secondary N) is 1. The number of rotatable bonds is 3. The van der Waals surface area contributed by atoms with Gasteiger partial charge in [-0.15, -0.1) is 11.3 Å². The molecule has 0 aliphatic carbocycles. The molecule has 2 saturated heterocycles. The third-order valence-electron chi connectivity index (χ3n) is 6.30. The van der Waals surface area contributed by atoms with Gasteiger partial charge in [0, 0.05) is 42.6 Å². The van der Waals surface area contributed by atoms with Gasteiger partial charge in [-0.3, -0.25) is 9.36 Å². The Morgan fingerprint density at radius 3 is 2.84 bits per heavy atom. The predicted octanol–water partition coefficient (Wildman–Crippen LogP) is 3.44. The zero-order chi connectivity index (χ0) is 21.5. The van der Waals surface area contributed by atoms with Gasteiger partial charge in [0.05, 0.1) is 17.9 Å². The number of amides is 2. The number of thiophene rings is 1. The number of carbonyl (C=O) groups excluding carboxylic acids is 1. The Balaban J connectivity index is 1.37. The highest BCUT2D eigenvalue weighted by Crippen LogP contribution is 2.32. The second kappa shape index (κ2) is 8.26. The molecule has 0 saturated carbocycles. The summed E-state index contributed by atoms with van der Waals surface area (Å²) in [5, 5.41) is 3.98. The molecule has 4 heterocycles. The van der Waals surface area contributed by atoms with Crippen LogP contribution in [0.15, 0.2) is 41.5 Å². The van der Waals surface area contributed by atoms with E-state index in [1.165, 1.54) is 11.3 Å². The van der Waals surface area contributed by atoms with Crippen LogP contribution in [-0.4, -0.2) is 64.7 Å². The van der Waals surface area contributed by atoms with Crippen LogP contribution in [0.2, 0.25) is 5.02 Å². The van der Waals surface area contributed by atoms with Crippen molar-refractivity contribution in [3.05, 3.63) is 52.0 Å². The lowest BCUT2D eigenvalue weighted by atomic mass is 10.2. The summed E-state index contributed by atoms with van der Waals surface area (Å²) in [4.78, 5) is 35.4. The Bertz CT molecular complexity index is 1170. The second-order valence-electron chi connectivity index (χ2n) is 8.22. The van der Waals surface area contributed by atoms with Gasteiger partial charge < -0.3 is 15.1 Å². The van der Waals surface area contributed by atoms with E-state index >= 15 is 0 Å². The Labute approximate surface area is 189 Å². The molecule has 2 aromatic heterocycles. The molecule has 2 amide bonds. The van der Waals surface area contributed by atoms with E-state index in [1.54, 1.807) is 10.9 Å². The molecule has 9 heteroatoms. The molecule has 0 radical (unpaired) electrons. The molecule has 7 nitrogen and oxygen atoms in total. The number of urea groups is 1. The summed E-state index contributed by atoms with van der Waals surface area (Å²) in [5.41, 5.74) is 1.68. The van der Waals surface area contributed by atoms with Crippen LogP contribution in [-0.2, 0) is 0 Å². The lowest BCUT2D eigenvalue weighted by Crippen LogP contribution is -2.46. The fraction of sp³-hybridized carbons (Fsp3) is 0.409. The van der Waals surface area contributed by atoms with Crippen LogP contribution in [0.5, 0.6) is 0 Å². The van der Waals surface area contributed by atoms with Gasteiger partial charge in [0.2, 0.25) is 0 Å². The van der Waals surface area contributed by atoms with Crippen molar-refractivity contribution in [2.45, 2.75) is 24.9 Å². The van der Waals surface area contributed by atoms with Crippen molar-refractivity contribution in [3.63, 3.8) is 0 Å². The van der Waals surface area contributed by atoms with Gasteiger partial charge in [0.15, 0.2) is 0 Å². The number of carbonyl (C=O) groups is 1. The van der Waals surface area contributed by atoms with Gasteiger partial charge in [-0.05, 0) is 43.1 Å². The van der Waals surface area contributed by atoms with Gasteiger partial charge >= 0.3 is 6.03 Å². The Kier molecular flexibility index (Phi) is 5.45. The van der Waals surface area contributed by atoms with Crippen LogP contribution in [0, 0.1) is 0 Å². The number of likely N-dealkylation sites (tertiary alicyclic amines) is 1. The molecular weight excluding hydrogens is 434 g/mol. The largest absolute Gasteiger partial charge is 0.323 e. The van der Waals surface area contributed by atoms with E-state index in [9.17, 15) is 9.59 Å². The molecule has 1 aromatic carbocycles. The Morgan fingerprint density at radius 1 is 1.29 bits per heavy atom. The fourth-order valence-electron chi connectivity index (χ4n) is 4.43. The van der Waals surface area contributed by atoms with Gasteiger partial charge in [-0.25, -0.2) is 9.78 Å². The summed E-state index contributed by atoms with van der Waals surface area (Å²) >= 11 is 7.44. The topological polar surface area (TPSA) is 70.5 Å². The summed E-state index contributed by atoms with van der Waals surface area (Å²) in [5.74, 6) is 0. The van der Waals surface area contributed by atoms with Gasteiger partial charge in [-0.1, -0.05) is 23.7 Å². The monoisotopic (exact) mass is 457 g/mol. The first-order valence-corrected chi connectivity index (χ1v) is 11.7. The second-order valence-corrected chi connectivity index (χ2v) is 9.71. The minimum Gasteiger partial charge on any atom is -0.323 e. The summed E-state index contributed by atoms with van der Waals surface area (Å²) in [6.07, 6.45) is 3.37. The molecule has 3 aromatic rings. The highest BCUT2D eigenvalue weighted by molar-refractivity contribution is 7.22. The van der Waals surface area contributed by atoms with Crippen LogP contribution in [0.25, 0.3) is 20.7 Å². The van der Waals surface area contributed by atoms with E-state index in [0.717, 1.165) is 36.4 Å². The van der Waals surface area contributed by atoms with Crippen LogP contribution in [0.1, 0.15) is 18.9 Å². The van der Waals surface area contributed by atoms with Crippen LogP contribution in [0.4, 0.5) is 4.79 Å². The van der Waals surface area contributed by atoms with Crippen molar-refractivity contribution in [2.24, 2.45) is 0 Å². The summed E-state index contributed by atoms with van der Waals surface area (Å²) in [6, 6.07) is 9.76. The van der Waals surface area contributed by atoms with E-state index in [2.05, 4.69) is 10.3 Å². The molecular formula is C22H24ClN5O2S. The molecule has 2 fully saturated rings. The van der Waals surface area contributed by atoms with E-state index in [1.807, 2.05) is 47.2 Å². The van der Waals surface area contributed by atoms with E-state index < -0.39 is 0 Å². The zero-order valence-electron chi connectivity index (χ0n) is 17.3. The number of nitrogens with zero attached hydrogens (tertiary/aromatic N) is 4. The number of likely N-dealkylation sites (N-methyl/N-ethyl adjacent to an activating group) is 1. The molecule has 0 unspecified atom stereocenters. The van der Waals surface area contributed by atoms with Crippen LogP contribution >= 0.6 is 22.9 Å². The number of halogens is 1. The van der Waals surface area contributed by atoms with Gasteiger partial charge in [-0.2, -0.15) is 0 Å². The third-order valence-corrected chi connectivity index (χ3v) is 7.72. The smallest absolute Gasteiger partial charge is 0.320 e. The zero-order valence-corrected chi connectivity index (χ0v) is 18.8. The summed E-state index contributed by atoms with van der Waals surface area (Å²) < 4.78 is 2.35. The lowest BCUT2D eigenvalue weighted by molar-refractivity contribution is 0.157. The SMILES string of the molecule is CN(C(=O)N1CC[C@H](n2cnc3cc(-c4ccc(Cl)cc4)sc3c2=O)C1)[C@H]1CCNC1. The third kappa shape index (κ3) is 3.84. The first-order chi connectivity index (χ1) is 15.0. The number of fused-ring (bicyclic) bond motifs is 1. The number of hydrogen-bond donors (Lipinski definition) is 1. The van der Waals surface area contributed by atoms with Crippen LogP contribution < -0.4 is 10.9 Å². The maximum atomic E-state index is 13.2. The maximum Gasteiger partial charge on any atom is 0.320 e. The van der Waals surface area contributed by atoms with Crippen molar-refractivity contribution in [2.75, 3.05) is 33.2 Å². The molecule has 1 N–H and O–H groups in total. The van der Waals surface area contributed by atoms with Crippen molar-refractivity contribution in [3.8, 4) is 10.4 Å². The van der Waals surface area contributed by atoms with E-state index in [4.69, 9.17) is 11.6 Å². The van der Waals surface area contributed by atoms with Crippen LogP contribution in [0.3, 0.4) is 0 Å². The molecule has 31 heavy (non-hydrogen) atoms. The highest BCUT2D eigenvalue weighted by Gasteiger charge is 2.33. The molecule has 2 aliphatic rings. The lowest BCUT2D eigenvalue weighted by Gasteiger charge is -2.29. The number of hydrogen-bond acceptors (Lipinski definition) is 5. The van der Waals surface area contributed by atoms with E-state index in [-0.39, 0.29) is 23.7 Å². The number of benzene rings is 1. The van der Waals surface area contributed by atoms with Gasteiger partial charge in [0.25, 0.3) is 5.56 Å². The maximum absolute atomic E-state index is 13.2. The highest BCUT2D eigenvalue weighted by atomic mass is 35.5. The van der Waals surface area contributed by atoms with E-state index in [0.29, 0.717) is 28.3 Å². The van der Waals surface area contributed by atoms with Crippen molar-refractivity contribution in [1.82, 2.24) is 24.7 Å². The fourth-order valence-corrected chi connectivity index (χ4v) is 5.61. The Morgan fingerprint density at radius 2 is 2.10 bits per heavy atom. The molecule has 5 rings (SSSR count). The normalized spacial score (nSPS) is 21.2. The molecule has 2 atom stereocenters. The van der Waals surface area contributed by atoms with Crippen molar-refractivity contribution in [1.29, 1.82) is 0 Å². The number of aromatic nitrogens is 2. The molecule has 162 valence electrons. The standard InChI is InChI=1S/C22H24ClN5O2S/c1-26(16-6-8-24-11-16)22(30)27-9-7-17(12-27)28-13-25-18-10-19(31-20(18)21(28)29)14-2-4-15(23)5-3-14/h2-5,10,13,16-17,24H,6-9,11-12H2,1H3/t16-,17-/m0/s1. The summed E-state index contributed by atoms with van der Waals surface area (Å²) in [6.45, 7) is 2.98. The molecule has 0 spiro atoms. The quantitative estimate of drug-likeness (QED) is 0.654. The van der Waals surface area contributed by atoms with Gasteiger partial charge in [0.1, 0.15) is 4.70 Å². The minimum atomic E-state index is -0.0514. The summed E-state index contributed by atoms with van der Waals surface area (Å²) in [7, 11) is 1.87. The first kappa shape index (κ1) is 20.5. The predicted molar refractivity (Wildman–Crippen MR) is 124 cm³/mol. The molecule has 0 bridgehead atoms. The average Bonchev–Trinajstić information content (AvgIpc) is 3.54.